The highest BCUT2D eigenvalue weighted by Crippen LogP contribution is 2.32. The standard InChI is InChI=1S/C29H29N5O4S/c1-3-18(2)20-9-13-26-23(16-20)31-28(38-26)19-6-10-22(11-7-19)30-29(39)32-27(35)21-8-12-24(25(17-21)34(36)37)33-14-4-5-15-33/h6-13,16-18H,3-5,14-15H2,1-2H3,(H2,30,32,35,39)/t18-/m0/s1. The number of rotatable bonds is 7. The van der Waals surface area contributed by atoms with E-state index in [0.29, 0.717) is 23.2 Å². The minimum absolute atomic E-state index is 0.0819. The molecule has 200 valence electrons. The Morgan fingerprint density at radius 1 is 1.13 bits per heavy atom. The molecule has 1 saturated heterocycles. The van der Waals surface area contributed by atoms with Crippen molar-refractivity contribution in [2.45, 2.75) is 39.0 Å². The monoisotopic (exact) mass is 543 g/mol. The van der Waals surface area contributed by atoms with Crippen molar-refractivity contribution in [1.82, 2.24) is 10.3 Å². The Bertz CT molecular complexity index is 1540. The number of nitro groups is 1. The zero-order valence-corrected chi connectivity index (χ0v) is 22.6. The van der Waals surface area contributed by atoms with Crippen LogP contribution in [-0.4, -0.2) is 34.0 Å². The topological polar surface area (TPSA) is 114 Å². The Balaban J connectivity index is 1.24. The molecule has 0 radical (unpaired) electrons. The number of hydrogen-bond donors (Lipinski definition) is 2. The van der Waals surface area contributed by atoms with Crippen molar-refractivity contribution in [2.24, 2.45) is 0 Å². The molecule has 1 aliphatic heterocycles. The molecular weight excluding hydrogens is 514 g/mol. The van der Waals surface area contributed by atoms with Crippen LogP contribution in [0.3, 0.4) is 0 Å². The number of fused-ring (bicyclic) bond motifs is 1. The maximum absolute atomic E-state index is 12.8. The zero-order valence-electron chi connectivity index (χ0n) is 21.8. The van der Waals surface area contributed by atoms with Gasteiger partial charge in [0, 0.05) is 36.0 Å². The molecule has 5 rings (SSSR count). The lowest BCUT2D eigenvalue weighted by Crippen LogP contribution is -2.34. The van der Waals surface area contributed by atoms with Crippen molar-refractivity contribution in [3.8, 4) is 11.5 Å². The second-order valence-electron chi connectivity index (χ2n) is 9.70. The average Bonchev–Trinajstić information content (AvgIpc) is 3.62. The largest absolute Gasteiger partial charge is 0.436 e. The van der Waals surface area contributed by atoms with E-state index in [1.54, 1.807) is 12.1 Å². The summed E-state index contributed by atoms with van der Waals surface area (Å²) in [6.07, 6.45) is 3.04. The van der Waals surface area contributed by atoms with Gasteiger partial charge in [-0.25, -0.2) is 4.98 Å². The molecule has 2 N–H and O–H groups in total. The van der Waals surface area contributed by atoms with Gasteiger partial charge >= 0.3 is 0 Å². The summed E-state index contributed by atoms with van der Waals surface area (Å²) in [5.74, 6) is 0.449. The normalized spacial score (nSPS) is 13.8. The lowest BCUT2D eigenvalue weighted by molar-refractivity contribution is -0.384. The first-order valence-electron chi connectivity index (χ1n) is 13.0. The number of benzene rings is 3. The fourth-order valence-corrected chi connectivity index (χ4v) is 4.89. The van der Waals surface area contributed by atoms with Gasteiger partial charge in [-0.2, -0.15) is 0 Å². The molecule has 1 aromatic heterocycles. The summed E-state index contributed by atoms with van der Waals surface area (Å²) in [6, 6.07) is 17.9. The van der Waals surface area contributed by atoms with Gasteiger partial charge in [0.25, 0.3) is 11.6 Å². The molecule has 4 aromatic rings. The van der Waals surface area contributed by atoms with Gasteiger partial charge in [0.1, 0.15) is 11.2 Å². The van der Waals surface area contributed by atoms with Crippen LogP contribution in [0.4, 0.5) is 17.1 Å². The van der Waals surface area contributed by atoms with Gasteiger partial charge in [-0.1, -0.05) is 19.9 Å². The Labute approximate surface area is 231 Å². The Morgan fingerprint density at radius 3 is 2.56 bits per heavy atom. The number of nitro benzene ring substituents is 1. The van der Waals surface area contributed by atoms with E-state index in [4.69, 9.17) is 16.6 Å². The highest BCUT2D eigenvalue weighted by atomic mass is 32.1. The van der Waals surface area contributed by atoms with Crippen molar-refractivity contribution in [3.05, 3.63) is 81.9 Å². The first kappa shape index (κ1) is 26.3. The van der Waals surface area contributed by atoms with Gasteiger partial charge < -0.3 is 14.6 Å². The summed E-state index contributed by atoms with van der Waals surface area (Å²) in [7, 11) is 0. The maximum Gasteiger partial charge on any atom is 0.293 e. The van der Waals surface area contributed by atoms with E-state index in [1.807, 2.05) is 35.2 Å². The van der Waals surface area contributed by atoms with Crippen LogP contribution in [-0.2, 0) is 0 Å². The Hall–Kier alpha value is -4.31. The van der Waals surface area contributed by atoms with Gasteiger partial charge in [-0.05, 0) is 91.5 Å². The number of amides is 1. The molecule has 10 heteroatoms. The van der Waals surface area contributed by atoms with Crippen molar-refractivity contribution in [1.29, 1.82) is 0 Å². The van der Waals surface area contributed by atoms with Crippen LogP contribution >= 0.6 is 12.2 Å². The summed E-state index contributed by atoms with van der Waals surface area (Å²) in [5, 5.41) is 17.3. The molecule has 1 atom stereocenters. The summed E-state index contributed by atoms with van der Waals surface area (Å²) in [5.41, 5.74) is 4.86. The lowest BCUT2D eigenvalue weighted by atomic mass is 9.98. The number of carbonyl (C=O) groups is 1. The fourth-order valence-electron chi connectivity index (χ4n) is 4.68. The highest BCUT2D eigenvalue weighted by Gasteiger charge is 2.24. The highest BCUT2D eigenvalue weighted by molar-refractivity contribution is 7.80. The van der Waals surface area contributed by atoms with Crippen LogP contribution in [0, 0.1) is 10.1 Å². The zero-order chi connectivity index (χ0) is 27.5. The van der Waals surface area contributed by atoms with Gasteiger partial charge in [-0.3, -0.25) is 20.2 Å². The molecule has 0 unspecified atom stereocenters. The van der Waals surface area contributed by atoms with Crippen LogP contribution in [0.2, 0.25) is 0 Å². The lowest BCUT2D eigenvalue weighted by Gasteiger charge is -2.18. The number of nitrogens with one attached hydrogen (secondary N) is 2. The molecule has 0 saturated carbocycles. The summed E-state index contributed by atoms with van der Waals surface area (Å²) < 4.78 is 5.95. The quantitative estimate of drug-likeness (QED) is 0.151. The van der Waals surface area contributed by atoms with Crippen LogP contribution in [0.1, 0.15) is 54.9 Å². The van der Waals surface area contributed by atoms with Crippen LogP contribution in [0.5, 0.6) is 0 Å². The molecule has 1 amide bonds. The molecule has 39 heavy (non-hydrogen) atoms. The molecule has 0 bridgehead atoms. The number of anilines is 2. The minimum Gasteiger partial charge on any atom is -0.436 e. The second-order valence-corrected chi connectivity index (χ2v) is 10.1. The predicted molar refractivity (Wildman–Crippen MR) is 156 cm³/mol. The molecule has 0 aliphatic carbocycles. The summed E-state index contributed by atoms with van der Waals surface area (Å²) in [4.78, 5) is 30.6. The Morgan fingerprint density at radius 2 is 1.87 bits per heavy atom. The number of nitrogens with zero attached hydrogens (tertiary/aromatic N) is 3. The number of oxazole rings is 1. The van der Waals surface area contributed by atoms with E-state index in [-0.39, 0.29) is 16.4 Å². The van der Waals surface area contributed by atoms with E-state index < -0.39 is 10.8 Å². The van der Waals surface area contributed by atoms with E-state index in [9.17, 15) is 14.9 Å². The fraction of sp³-hybridized carbons (Fsp3) is 0.276. The van der Waals surface area contributed by atoms with Crippen molar-refractivity contribution in [3.63, 3.8) is 0 Å². The third kappa shape index (κ3) is 5.75. The van der Waals surface area contributed by atoms with Gasteiger partial charge in [0.15, 0.2) is 10.7 Å². The maximum atomic E-state index is 12.8. The third-order valence-corrected chi connectivity index (χ3v) is 7.29. The Kier molecular flexibility index (Phi) is 7.56. The molecule has 1 fully saturated rings. The first-order valence-corrected chi connectivity index (χ1v) is 13.4. The third-order valence-electron chi connectivity index (χ3n) is 7.09. The summed E-state index contributed by atoms with van der Waals surface area (Å²) >= 11 is 5.31. The van der Waals surface area contributed by atoms with Gasteiger partial charge in [0.2, 0.25) is 5.89 Å². The van der Waals surface area contributed by atoms with E-state index in [0.717, 1.165) is 49.0 Å². The van der Waals surface area contributed by atoms with Crippen molar-refractivity contribution in [2.75, 3.05) is 23.3 Å². The van der Waals surface area contributed by atoms with Crippen LogP contribution in [0.25, 0.3) is 22.6 Å². The second kappa shape index (κ2) is 11.2. The molecular formula is C29H29N5O4S. The predicted octanol–water partition coefficient (Wildman–Crippen LogP) is 6.64. The van der Waals surface area contributed by atoms with Gasteiger partial charge in [0.05, 0.1) is 4.92 Å². The molecule has 2 heterocycles. The average molecular weight is 544 g/mol. The first-order chi connectivity index (χ1) is 18.8. The number of hydrogen-bond acceptors (Lipinski definition) is 7. The SMILES string of the molecule is CC[C@H](C)c1ccc2oc(-c3ccc(NC(=S)NC(=O)c4ccc(N5CCCC5)c([N+](=O)[O-])c4)cc3)nc2c1. The van der Waals surface area contributed by atoms with Crippen molar-refractivity contribution < 1.29 is 14.1 Å². The molecule has 1 aliphatic rings. The van der Waals surface area contributed by atoms with Gasteiger partial charge in [-0.15, -0.1) is 0 Å². The molecule has 0 spiro atoms. The van der Waals surface area contributed by atoms with E-state index in [2.05, 4.69) is 41.6 Å². The van der Waals surface area contributed by atoms with Crippen molar-refractivity contribution >= 4 is 51.4 Å². The smallest absolute Gasteiger partial charge is 0.293 e. The number of thiocarbonyl (C=S) groups is 1. The number of aromatic nitrogens is 1. The summed E-state index contributed by atoms with van der Waals surface area (Å²) in [6.45, 7) is 5.89. The van der Waals surface area contributed by atoms with E-state index >= 15 is 0 Å². The van der Waals surface area contributed by atoms with E-state index in [1.165, 1.54) is 11.6 Å². The molecule has 9 nitrogen and oxygen atoms in total. The minimum atomic E-state index is -0.525. The number of carbonyl (C=O) groups excluding carboxylic acids is 1. The van der Waals surface area contributed by atoms with Crippen LogP contribution < -0.4 is 15.5 Å². The molecule has 3 aromatic carbocycles. The van der Waals surface area contributed by atoms with Crippen LogP contribution in [0.15, 0.2) is 65.1 Å².